The maximum atomic E-state index is 9.37. The number of benzene rings is 1. The van der Waals surface area contributed by atoms with Gasteiger partial charge in [0.15, 0.2) is 0 Å². The topological polar surface area (TPSA) is 23.5 Å². The first kappa shape index (κ1) is 12.0. The maximum absolute atomic E-state index is 9.37. The minimum atomic E-state index is 0.0879. The molecule has 0 fully saturated rings. The van der Waals surface area contributed by atoms with Crippen LogP contribution in [0, 0.1) is 0 Å². The van der Waals surface area contributed by atoms with Crippen LogP contribution in [0.4, 0.5) is 0 Å². The van der Waals surface area contributed by atoms with E-state index in [1.165, 1.54) is 5.56 Å². The van der Waals surface area contributed by atoms with Crippen molar-refractivity contribution in [3.8, 4) is 0 Å². The van der Waals surface area contributed by atoms with Crippen molar-refractivity contribution >= 4 is 0 Å². The summed E-state index contributed by atoms with van der Waals surface area (Å²) in [6.07, 6.45) is 1.90. The molecule has 0 aromatic heterocycles. The molecule has 15 heavy (non-hydrogen) atoms. The fourth-order valence-corrected chi connectivity index (χ4v) is 1.79. The third-order valence-corrected chi connectivity index (χ3v) is 2.70. The lowest BCUT2D eigenvalue weighted by Gasteiger charge is -2.29. The normalized spacial score (nSPS) is 14.9. The summed E-state index contributed by atoms with van der Waals surface area (Å²) in [5.41, 5.74) is 1.19. The van der Waals surface area contributed by atoms with Crippen LogP contribution in [0.15, 0.2) is 43.0 Å². The predicted molar refractivity (Wildman–Crippen MR) is 63.9 cm³/mol. The van der Waals surface area contributed by atoms with Crippen LogP contribution < -0.4 is 0 Å². The highest BCUT2D eigenvalue weighted by Crippen LogP contribution is 2.23. The zero-order valence-corrected chi connectivity index (χ0v) is 9.43. The number of hydrogen-bond donors (Lipinski definition) is 1. The van der Waals surface area contributed by atoms with Gasteiger partial charge in [-0.1, -0.05) is 36.4 Å². The van der Waals surface area contributed by atoms with Crippen LogP contribution in [0.25, 0.3) is 0 Å². The molecule has 1 N–H and O–H groups in total. The van der Waals surface area contributed by atoms with Crippen molar-refractivity contribution in [1.29, 1.82) is 0 Å². The Labute approximate surface area is 91.9 Å². The van der Waals surface area contributed by atoms with E-state index in [0.717, 1.165) is 0 Å². The first-order chi connectivity index (χ1) is 7.20. The van der Waals surface area contributed by atoms with Gasteiger partial charge >= 0.3 is 0 Å². The van der Waals surface area contributed by atoms with E-state index >= 15 is 0 Å². The second-order valence-corrected chi connectivity index (χ2v) is 3.89. The Morgan fingerprint density at radius 1 is 1.33 bits per heavy atom. The van der Waals surface area contributed by atoms with Crippen LogP contribution >= 0.6 is 0 Å². The zero-order valence-electron chi connectivity index (χ0n) is 9.43. The molecule has 0 spiro atoms. The Balaban J connectivity index is 2.92. The highest BCUT2D eigenvalue weighted by Gasteiger charge is 2.21. The molecule has 0 heterocycles. The van der Waals surface area contributed by atoms with E-state index in [1.807, 2.05) is 43.3 Å². The zero-order chi connectivity index (χ0) is 11.3. The van der Waals surface area contributed by atoms with Crippen LogP contribution in [0.2, 0.25) is 0 Å². The minimum absolute atomic E-state index is 0.0879. The number of likely N-dealkylation sites (N-methyl/N-ethyl adjacent to an activating group) is 1. The van der Waals surface area contributed by atoms with Crippen LogP contribution in [0.1, 0.15) is 11.5 Å². The van der Waals surface area contributed by atoms with Crippen LogP contribution in [0.3, 0.4) is 0 Å². The summed E-state index contributed by atoms with van der Waals surface area (Å²) in [4.78, 5) is 2.03. The fraction of sp³-hybridized carbons (Fsp3) is 0.385. The molecule has 2 nitrogen and oxygen atoms in total. The molecule has 0 unspecified atom stereocenters. The number of aliphatic hydroxyl groups is 1. The molecule has 0 radical (unpaired) electrons. The van der Waals surface area contributed by atoms with E-state index < -0.39 is 0 Å². The standard InChI is InChI=1S/C13H19NO/c1-4-12(13(10-15)14(2)3)11-8-6-5-7-9-11/h4-9,12-13,15H,1,10H2,2-3H3/t12-,13+/m0/s1. The van der Waals surface area contributed by atoms with Crippen LogP contribution in [0.5, 0.6) is 0 Å². The van der Waals surface area contributed by atoms with Crippen molar-refractivity contribution in [3.05, 3.63) is 48.6 Å². The molecule has 82 valence electrons. The Morgan fingerprint density at radius 3 is 2.33 bits per heavy atom. The molecule has 2 heteroatoms. The van der Waals surface area contributed by atoms with E-state index in [-0.39, 0.29) is 18.6 Å². The lowest BCUT2D eigenvalue weighted by atomic mass is 9.91. The van der Waals surface area contributed by atoms with Crippen molar-refractivity contribution < 1.29 is 5.11 Å². The summed E-state index contributed by atoms with van der Waals surface area (Å²) in [6, 6.07) is 10.2. The third kappa shape index (κ3) is 2.91. The Kier molecular flexibility index (Phi) is 4.53. The molecule has 0 aliphatic rings. The average molecular weight is 205 g/mol. The van der Waals surface area contributed by atoms with E-state index in [0.29, 0.717) is 0 Å². The first-order valence-corrected chi connectivity index (χ1v) is 5.15. The average Bonchev–Trinajstić information content (AvgIpc) is 2.26. The lowest BCUT2D eigenvalue weighted by Crippen LogP contribution is -2.36. The van der Waals surface area contributed by atoms with Gasteiger partial charge in [0.25, 0.3) is 0 Å². The largest absolute Gasteiger partial charge is 0.395 e. The summed E-state index contributed by atoms with van der Waals surface area (Å²) >= 11 is 0. The summed E-state index contributed by atoms with van der Waals surface area (Å²) in [5, 5.41) is 9.37. The molecule has 0 saturated carbocycles. The molecule has 0 aliphatic heterocycles. The van der Waals surface area contributed by atoms with E-state index in [2.05, 4.69) is 18.7 Å². The van der Waals surface area contributed by atoms with Gasteiger partial charge in [-0.2, -0.15) is 0 Å². The third-order valence-electron chi connectivity index (χ3n) is 2.70. The summed E-state index contributed by atoms with van der Waals surface area (Å²) in [7, 11) is 3.95. The van der Waals surface area contributed by atoms with Gasteiger partial charge in [-0.05, 0) is 19.7 Å². The van der Waals surface area contributed by atoms with Crippen LogP contribution in [-0.4, -0.2) is 36.8 Å². The molecule has 0 bridgehead atoms. The molecule has 2 atom stereocenters. The highest BCUT2D eigenvalue weighted by atomic mass is 16.3. The van der Waals surface area contributed by atoms with Crippen molar-refractivity contribution in [2.45, 2.75) is 12.0 Å². The minimum Gasteiger partial charge on any atom is -0.395 e. The van der Waals surface area contributed by atoms with Crippen molar-refractivity contribution in [3.63, 3.8) is 0 Å². The van der Waals surface area contributed by atoms with Crippen molar-refractivity contribution in [2.75, 3.05) is 20.7 Å². The molecule has 0 saturated heterocycles. The van der Waals surface area contributed by atoms with E-state index in [9.17, 15) is 5.11 Å². The summed E-state index contributed by atoms with van der Waals surface area (Å²) < 4.78 is 0. The van der Waals surface area contributed by atoms with Gasteiger partial charge in [-0.15, -0.1) is 6.58 Å². The van der Waals surface area contributed by atoms with Gasteiger partial charge in [0, 0.05) is 12.0 Å². The van der Waals surface area contributed by atoms with Crippen LogP contribution in [-0.2, 0) is 0 Å². The maximum Gasteiger partial charge on any atom is 0.0595 e. The van der Waals surface area contributed by atoms with Gasteiger partial charge in [-0.25, -0.2) is 0 Å². The highest BCUT2D eigenvalue weighted by molar-refractivity contribution is 5.25. The van der Waals surface area contributed by atoms with E-state index in [4.69, 9.17) is 0 Å². The molecule has 1 rings (SSSR count). The summed E-state index contributed by atoms with van der Waals surface area (Å²) in [5.74, 6) is 0.172. The molecular formula is C13H19NO. The monoisotopic (exact) mass is 205 g/mol. The molecule has 0 amide bonds. The Morgan fingerprint density at radius 2 is 1.93 bits per heavy atom. The molecule has 1 aromatic rings. The van der Waals surface area contributed by atoms with Gasteiger partial charge in [0.05, 0.1) is 6.61 Å². The smallest absolute Gasteiger partial charge is 0.0595 e. The molecule has 1 aromatic carbocycles. The SMILES string of the molecule is C=C[C@@H](c1ccccc1)[C@@H](CO)N(C)C. The first-order valence-electron chi connectivity index (χ1n) is 5.15. The summed E-state index contributed by atoms with van der Waals surface area (Å²) in [6.45, 7) is 3.99. The molecular weight excluding hydrogens is 186 g/mol. The molecule has 0 aliphatic carbocycles. The lowest BCUT2D eigenvalue weighted by molar-refractivity contribution is 0.158. The number of aliphatic hydroxyl groups excluding tert-OH is 1. The quantitative estimate of drug-likeness (QED) is 0.742. The second-order valence-electron chi connectivity index (χ2n) is 3.89. The second kappa shape index (κ2) is 5.69. The number of nitrogens with zero attached hydrogens (tertiary/aromatic N) is 1. The van der Waals surface area contributed by atoms with Crippen molar-refractivity contribution in [2.24, 2.45) is 0 Å². The van der Waals surface area contributed by atoms with Gasteiger partial charge in [0.2, 0.25) is 0 Å². The fourth-order valence-electron chi connectivity index (χ4n) is 1.79. The number of rotatable bonds is 5. The van der Waals surface area contributed by atoms with E-state index in [1.54, 1.807) is 0 Å². The van der Waals surface area contributed by atoms with Gasteiger partial charge in [-0.3, -0.25) is 0 Å². The van der Waals surface area contributed by atoms with Gasteiger partial charge < -0.3 is 10.0 Å². The van der Waals surface area contributed by atoms with Gasteiger partial charge in [0.1, 0.15) is 0 Å². The van der Waals surface area contributed by atoms with Crippen molar-refractivity contribution in [1.82, 2.24) is 4.90 Å². The Bertz CT molecular complexity index is 295. The number of hydrogen-bond acceptors (Lipinski definition) is 2. The Hall–Kier alpha value is -1.12. The predicted octanol–water partition coefficient (Wildman–Crippen LogP) is 1.88.